The molecule has 0 unspecified atom stereocenters. The number of hydrogen-bond acceptors (Lipinski definition) is 5. The van der Waals surface area contributed by atoms with E-state index in [4.69, 9.17) is 16.3 Å². The highest BCUT2D eigenvalue weighted by molar-refractivity contribution is 6.30. The second kappa shape index (κ2) is 9.04. The quantitative estimate of drug-likeness (QED) is 0.744. The maximum atomic E-state index is 12.3. The molecular formula is C20H25ClN4O2. The number of unbranched alkanes of at least 4 members (excludes halogenated alkanes) is 1. The Morgan fingerprint density at radius 1 is 1.26 bits per heavy atom. The molecule has 1 aliphatic rings. The number of anilines is 1. The fourth-order valence-corrected chi connectivity index (χ4v) is 3.32. The summed E-state index contributed by atoms with van der Waals surface area (Å²) < 4.78 is 5.79. The minimum absolute atomic E-state index is 0.152. The zero-order chi connectivity index (χ0) is 19.2. The van der Waals surface area contributed by atoms with Crippen molar-refractivity contribution in [3.8, 4) is 11.6 Å². The molecule has 27 heavy (non-hydrogen) atoms. The standard InChI is InChI=1S/C20H25ClN4O2/c1-3-4-5-20(26)25-11-10-24(13-15(25)2)18-12-19(23-14-22-18)27-17-8-6-16(21)7-9-17/h6-9,12,14-15H,3-5,10-11,13H2,1-2H3/t15-/m1/s1. The van der Waals surface area contributed by atoms with Crippen LogP contribution in [0.2, 0.25) is 5.02 Å². The van der Waals surface area contributed by atoms with E-state index >= 15 is 0 Å². The number of piperazine rings is 1. The summed E-state index contributed by atoms with van der Waals surface area (Å²) in [5.41, 5.74) is 0. The number of aromatic nitrogens is 2. The number of carbonyl (C=O) groups excluding carboxylic acids is 1. The number of hydrogen-bond donors (Lipinski definition) is 0. The molecular weight excluding hydrogens is 364 g/mol. The molecule has 144 valence electrons. The predicted octanol–water partition coefficient (Wildman–Crippen LogP) is 4.15. The minimum atomic E-state index is 0.152. The normalized spacial score (nSPS) is 17.1. The van der Waals surface area contributed by atoms with E-state index in [9.17, 15) is 4.79 Å². The lowest BCUT2D eigenvalue weighted by Gasteiger charge is -2.40. The van der Waals surface area contributed by atoms with Crippen LogP contribution in [-0.4, -0.2) is 46.5 Å². The highest BCUT2D eigenvalue weighted by Gasteiger charge is 2.27. The Morgan fingerprint density at radius 3 is 2.74 bits per heavy atom. The molecule has 0 saturated carbocycles. The third-order valence-electron chi connectivity index (χ3n) is 4.68. The first-order valence-corrected chi connectivity index (χ1v) is 9.74. The first-order chi connectivity index (χ1) is 13.1. The van der Waals surface area contributed by atoms with Crippen molar-refractivity contribution >= 4 is 23.3 Å². The van der Waals surface area contributed by atoms with E-state index in [1.807, 2.05) is 11.0 Å². The van der Waals surface area contributed by atoms with Crippen LogP contribution >= 0.6 is 11.6 Å². The van der Waals surface area contributed by atoms with Crippen LogP contribution in [0.25, 0.3) is 0 Å². The molecule has 1 amide bonds. The van der Waals surface area contributed by atoms with E-state index < -0.39 is 0 Å². The van der Waals surface area contributed by atoms with Gasteiger partial charge < -0.3 is 14.5 Å². The first kappa shape index (κ1) is 19.4. The maximum Gasteiger partial charge on any atom is 0.224 e. The highest BCUT2D eigenvalue weighted by Crippen LogP contribution is 2.25. The van der Waals surface area contributed by atoms with Gasteiger partial charge in [-0.15, -0.1) is 0 Å². The Labute approximate surface area is 165 Å². The van der Waals surface area contributed by atoms with Crippen molar-refractivity contribution in [1.82, 2.24) is 14.9 Å². The number of amides is 1. The molecule has 0 aliphatic carbocycles. The fourth-order valence-electron chi connectivity index (χ4n) is 3.19. The summed E-state index contributed by atoms with van der Waals surface area (Å²) in [4.78, 5) is 25.1. The summed E-state index contributed by atoms with van der Waals surface area (Å²) in [5.74, 6) is 2.21. The van der Waals surface area contributed by atoms with Crippen molar-refractivity contribution < 1.29 is 9.53 Å². The van der Waals surface area contributed by atoms with Gasteiger partial charge in [0.15, 0.2) is 0 Å². The number of rotatable bonds is 6. The van der Waals surface area contributed by atoms with E-state index in [0.717, 1.165) is 31.7 Å². The van der Waals surface area contributed by atoms with Gasteiger partial charge >= 0.3 is 0 Å². The van der Waals surface area contributed by atoms with Crippen molar-refractivity contribution in [3.05, 3.63) is 41.7 Å². The zero-order valence-electron chi connectivity index (χ0n) is 15.8. The molecule has 3 rings (SSSR count). The third-order valence-corrected chi connectivity index (χ3v) is 4.93. The Balaban J connectivity index is 1.64. The molecule has 2 aromatic rings. The van der Waals surface area contributed by atoms with Gasteiger partial charge in [-0.05, 0) is 37.6 Å². The molecule has 0 N–H and O–H groups in total. The summed E-state index contributed by atoms with van der Waals surface area (Å²) in [7, 11) is 0. The minimum Gasteiger partial charge on any atom is -0.439 e. The number of nitrogens with zero attached hydrogens (tertiary/aromatic N) is 4. The topological polar surface area (TPSA) is 58.6 Å². The Kier molecular flexibility index (Phi) is 6.50. The SMILES string of the molecule is CCCCC(=O)N1CCN(c2cc(Oc3ccc(Cl)cc3)ncn2)C[C@H]1C. The fraction of sp³-hybridized carbons (Fsp3) is 0.450. The lowest BCUT2D eigenvalue weighted by atomic mass is 10.1. The summed E-state index contributed by atoms with van der Waals surface area (Å²) in [6, 6.07) is 9.12. The first-order valence-electron chi connectivity index (χ1n) is 9.36. The van der Waals surface area contributed by atoms with Gasteiger partial charge in [0.25, 0.3) is 0 Å². The van der Waals surface area contributed by atoms with Crippen LogP contribution in [0.15, 0.2) is 36.7 Å². The van der Waals surface area contributed by atoms with E-state index in [1.54, 1.807) is 24.3 Å². The van der Waals surface area contributed by atoms with Crippen LogP contribution < -0.4 is 9.64 Å². The molecule has 1 atom stereocenters. The van der Waals surface area contributed by atoms with Gasteiger partial charge in [-0.1, -0.05) is 24.9 Å². The molecule has 7 heteroatoms. The lowest BCUT2D eigenvalue weighted by Crippen LogP contribution is -2.54. The molecule has 0 spiro atoms. The monoisotopic (exact) mass is 388 g/mol. The molecule has 0 bridgehead atoms. The van der Waals surface area contributed by atoms with Crippen LogP contribution in [0.5, 0.6) is 11.6 Å². The van der Waals surface area contributed by atoms with E-state index in [-0.39, 0.29) is 11.9 Å². The van der Waals surface area contributed by atoms with Crippen LogP contribution in [-0.2, 0) is 4.79 Å². The van der Waals surface area contributed by atoms with Gasteiger partial charge in [0.05, 0.1) is 0 Å². The predicted molar refractivity (Wildman–Crippen MR) is 106 cm³/mol. The van der Waals surface area contributed by atoms with Crippen molar-refractivity contribution in [2.75, 3.05) is 24.5 Å². The Bertz CT molecular complexity index is 769. The van der Waals surface area contributed by atoms with Crippen molar-refractivity contribution in [2.45, 2.75) is 39.2 Å². The second-order valence-electron chi connectivity index (χ2n) is 6.76. The second-order valence-corrected chi connectivity index (χ2v) is 7.19. The number of ether oxygens (including phenoxy) is 1. The number of halogens is 1. The third kappa shape index (κ3) is 5.10. The Morgan fingerprint density at radius 2 is 2.04 bits per heavy atom. The van der Waals surface area contributed by atoms with Crippen LogP contribution in [0.4, 0.5) is 5.82 Å². The van der Waals surface area contributed by atoms with E-state index in [2.05, 4.69) is 28.7 Å². The van der Waals surface area contributed by atoms with Gasteiger partial charge in [-0.2, -0.15) is 0 Å². The highest BCUT2D eigenvalue weighted by atomic mass is 35.5. The molecule has 6 nitrogen and oxygen atoms in total. The average Bonchev–Trinajstić information content (AvgIpc) is 2.68. The zero-order valence-corrected chi connectivity index (χ0v) is 16.5. The van der Waals surface area contributed by atoms with Crippen LogP contribution in [0.1, 0.15) is 33.1 Å². The van der Waals surface area contributed by atoms with Crippen LogP contribution in [0.3, 0.4) is 0 Å². The molecule has 1 saturated heterocycles. The van der Waals surface area contributed by atoms with Gasteiger partial charge in [0.1, 0.15) is 17.9 Å². The van der Waals surface area contributed by atoms with Gasteiger partial charge in [0, 0.05) is 43.2 Å². The van der Waals surface area contributed by atoms with Gasteiger partial charge in [0.2, 0.25) is 11.8 Å². The molecule has 1 aromatic heterocycles. The molecule has 1 aliphatic heterocycles. The van der Waals surface area contributed by atoms with E-state index in [1.165, 1.54) is 6.33 Å². The smallest absolute Gasteiger partial charge is 0.224 e. The Hall–Kier alpha value is -2.34. The molecule has 1 fully saturated rings. The van der Waals surface area contributed by atoms with Crippen molar-refractivity contribution in [3.63, 3.8) is 0 Å². The summed E-state index contributed by atoms with van der Waals surface area (Å²) in [5, 5.41) is 0.658. The van der Waals surface area contributed by atoms with Gasteiger partial charge in [-0.25, -0.2) is 9.97 Å². The maximum absolute atomic E-state index is 12.3. The van der Waals surface area contributed by atoms with Crippen molar-refractivity contribution in [2.24, 2.45) is 0 Å². The van der Waals surface area contributed by atoms with Gasteiger partial charge in [-0.3, -0.25) is 4.79 Å². The molecule has 2 heterocycles. The number of carbonyl (C=O) groups is 1. The average molecular weight is 389 g/mol. The van der Waals surface area contributed by atoms with Crippen LogP contribution in [0, 0.1) is 0 Å². The molecule has 0 radical (unpaired) electrons. The summed E-state index contributed by atoms with van der Waals surface area (Å²) >= 11 is 5.90. The summed E-state index contributed by atoms with van der Waals surface area (Å²) in [6.45, 7) is 6.39. The largest absolute Gasteiger partial charge is 0.439 e. The lowest BCUT2D eigenvalue weighted by molar-refractivity contribution is -0.133. The summed E-state index contributed by atoms with van der Waals surface area (Å²) in [6.07, 6.45) is 4.12. The van der Waals surface area contributed by atoms with Crippen molar-refractivity contribution in [1.29, 1.82) is 0 Å². The molecule has 1 aromatic carbocycles. The van der Waals surface area contributed by atoms with E-state index in [0.29, 0.717) is 29.6 Å². The number of benzene rings is 1.